The van der Waals surface area contributed by atoms with Gasteiger partial charge in [0.05, 0.1) is 0 Å². The third kappa shape index (κ3) is 4.23. The second-order valence-corrected chi connectivity index (χ2v) is 9.83. The fraction of sp³-hybridized carbons (Fsp3) is 0.857. The fourth-order valence-corrected chi connectivity index (χ4v) is 5.50. The summed E-state index contributed by atoms with van der Waals surface area (Å²) in [6.45, 7) is 4.86. The van der Waals surface area contributed by atoms with E-state index in [1.807, 2.05) is 6.92 Å². The number of hydrogen-bond donors (Lipinski definition) is 1. The molecule has 0 aromatic heterocycles. The van der Waals surface area contributed by atoms with E-state index in [9.17, 15) is 53.8 Å². The molecule has 0 aromatic rings. The van der Waals surface area contributed by atoms with Crippen LogP contribution in [-0.4, -0.2) is 40.7 Å². The minimum Gasteiger partial charge on any atom is -0.367 e. The van der Waals surface area contributed by atoms with Crippen molar-refractivity contribution in [2.45, 2.75) is 89.1 Å². The highest BCUT2D eigenvalue weighted by atomic mass is 19.4. The summed E-state index contributed by atoms with van der Waals surface area (Å²) in [5.41, 5.74) is -7.67. The average molecular weight is 498 g/mol. The van der Waals surface area contributed by atoms with Gasteiger partial charge in [-0.25, -0.2) is 0 Å². The maximum absolute atomic E-state index is 13.8. The number of rotatable bonds is 4. The Hall–Kier alpha value is -1.51. The summed E-state index contributed by atoms with van der Waals surface area (Å²) in [7, 11) is 0. The molecule has 33 heavy (non-hydrogen) atoms. The van der Waals surface area contributed by atoms with Gasteiger partial charge in [-0.1, -0.05) is 32.6 Å². The van der Waals surface area contributed by atoms with E-state index in [1.165, 1.54) is 13.8 Å². The van der Waals surface area contributed by atoms with Crippen molar-refractivity contribution in [1.29, 1.82) is 0 Å². The summed E-state index contributed by atoms with van der Waals surface area (Å²) >= 11 is 0. The van der Waals surface area contributed by atoms with Crippen molar-refractivity contribution in [2.75, 3.05) is 0 Å². The van der Waals surface area contributed by atoms with Gasteiger partial charge in [-0.15, -0.1) is 0 Å². The van der Waals surface area contributed by atoms with Crippen LogP contribution in [0.3, 0.4) is 0 Å². The van der Waals surface area contributed by atoms with Gasteiger partial charge in [-0.05, 0) is 42.4 Å². The highest BCUT2D eigenvalue weighted by Crippen LogP contribution is 2.60. The van der Waals surface area contributed by atoms with Crippen LogP contribution in [0.15, 0.2) is 0 Å². The topological polar surface area (TPSA) is 37.3 Å². The standard InChI is InChI=1S/C21H24F10O2/c1-15(2,14-8-7-12-13(32)6-4-10-16(12,14)3)9-5-11-17(33,18(22,23)20(26,27)28)19(24,25)21(29,30)31/h12,14,33H,4,6-10H2,1-3H3/t12-,14?,16?/m0/s1. The maximum atomic E-state index is 13.8. The predicted molar refractivity (Wildman–Crippen MR) is 96.3 cm³/mol. The van der Waals surface area contributed by atoms with Crippen molar-refractivity contribution in [1.82, 2.24) is 0 Å². The number of aliphatic hydroxyl groups is 1. The van der Waals surface area contributed by atoms with E-state index < -0.39 is 47.0 Å². The lowest BCUT2D eigenvalue weighted by Crippen LogP contribution is -2.69. The van der Waals surface area contributed by atoms with Gasteiger partial charge in [0.2, 0.25) is 0 Å². The van der Waals surface area contributed by atoms with Gasteiger partial charge in [-0.2, -0.15) is 43.9 Å². The maximum Gasteiger partial charge on any atom is 0.457 e. The molecular weight excluding hydrogens is 474 g/mol. The molecule has 2 aliphatic rings. The summed E-state index contributed by atoms with van der Waals surface area (Å²) in [4.78, 5) is 12.3. The largest absolute Gasteiger partial charge is 0.457 e. The van der Waals surface area contributed by atoms with Gasteiger partial charge >= 0.3 is 24.2 Å². The predicted octanol–water partition coefficient (Wildman–Crippen LogP) is 6.32. The molecule has 2 saturated carbocycles. The van der Waals surface area contributed by atoms with Gasteiger partial charge in [0.1, 0.15) is 5.78 Å². The number of halogens is 10. The quantitative estimate of drug-likeness (QED) is 0.364. The van der Waals surface area contributed by atoms with Crippen molar-refractivity contribution >= 4 is 5.78 Å². The van der Waals surface area contributed by atoms with Crippen molar-refractivity contribution in [3.05, 3.63) is 0 Å². The minimum atomic E-state index is -6.94. The van der Waals surface area contributed by atoms with Crippen LogP contribution in [-0.2, 0) is 4.79 Å². The molecule has 2 fully saturated rings. The fourth-order valence-electron chi connectivity index (χ4n) is 5.50. The SMILES string of the molecule is CC(C)(CC#CC(O)(C(F)(F)C(F)(F)F)C(F)(F)C(F)(F)F)C1CC[C@H]2C(=O)CCCC12C. The molecular formula is C21H24F10O2. The molecule has 2 nitrogen and oxygen atoms in total. The molecule has 3 atom stereocenters. The van der Waals surface area contributed by atoms with E-state index in [0.717, 1.165) is 0 Å². The highest BCUT2D eigenvalue weighted by molar-refractivity contribution is 5.83. The van der Waals surface area contributed by atoms with E-state index >= 15 is 0 Å². The van der Waals surface area contributed by atoms with Gasteiger partial charge in [-0.3, -0.25) is 4.79 Å². The van der Waals surface area contributed by atoms with E-state index in [4.69, 9.17) is 0 Å². The summed E-state index contributed by atoms with van der Waals surface area (Å²) in [5.74, 6) is -12.2. The molecule has 0 aliphatic heterocycles. The first kappa shape index (κ1) is 27.7. The van der Waals surface area contributed by atoms with E-state index in [-0.39, 0.29) is 17.6 Å². The van der Waals surface area contributed by atoms with Crippen LogP contribution in [0.5, 0.6) is 0 Å². The molecule has 0 amide bonds. The van der Waals surface area contributed by atoms with E-state index in [1.54, 1.807) is 5.92 Å². The van der Waals surface area contributed by atoms with Crippen molar-refractivity contribution in [3.8, 4) is 11.8 Å². The number of hydrogen-bond acceptors (Lipinski definition) is 2. The average Bonchev–Trinajstić information content (AvgIpc) is 2.98. The van der Waals surface area contributed by atoms with Crippen LogP contribution in [0.2, 0.25) is 0 Å². The Labute approximate surface area is 184 Å². The molecule has 0 spiro atoms. The van der Waals surface area contributed by atoms with Crippen LogP contribution < -0.4 is 0 Å². The molecule has 2 aliphatic carbocycles. The first-order valence-electron chi connectivity index (χ1n) is 10.2. The molecule has 12 heteroatoms. The van der Waals surface area contributed by atoms with Crippen LogP contribution >= 0.6 is 0 Å². The van der Waals surface area contributed by atoms with Gasteiger partial charge in [0, 0.05) is 18.8 Å². The lowest BCUT2D eigenvalue weighted by molar-refractivity contribution is -0.406. The minimum absolute atomic E-state index is 0.0390. The Morgan fingerprint density at radius 2 is 1.42 bits per heavy atom. The molecule has 190 valence electrons. The smallest absolute Gasteiger partial charge is 0.367 e. The molecule has 0 saturated heterocycles. The summed E-state index contributed by atoms with van der Waals surface area (Å²) in [5, 5.41) is 9.51. The third-order valence-electron chi connectivity index (χ3n) is 7.24. The number of ketones is 1. The lowest BCUT2D eigenvalue weighted by atomic mass is 9.58. The zero-order valence-corrected chi connectivity index (χ0v) is 18.0. The molecule has 0 radical (unpaired) electrons. The first-order chi connectivity index (χ1) is 14.6. The highest BCUT2D eigenvalue weighted by Gasteiger charge is 2.84. The van der Waals surface area contributed by atoms with E-state index in [2.05, 4.69) is 0 Å². The Bertz CT molecular complexity index is 805. The molecule has 0 bridgehead atoms. The second kappa shape index (κ2) is 8.02. The number of alkyl halides is 10. The van der Waals surface area contributed by atoms with Gasteiger partial charge < -0.3 is 5.11 Å². The summed E-state index contributed by atoms with van der Waals surface area (Å²) in [6, 6.07) is 0. The number of Topliss-reactive ketones (excluding diaryl/α,β-unsaturated/α-hetero) is 1. The zero-order valence-electron chi connectivity index (χ0n) is 18.0. The normalized spacial score (nSPS) is 27.8. The van der Waals surface area contributed by atoms with Crippen molar-refractivity contribution in [3.63, 3.8) is 0 Å². The Balaban J connectivity index is 2.45. The molecule has 0 heterocycles. The van der Waals surface area contributed by atoms with E-state index in [0.29, 0.717) is 38.0 Å². The molecule has 1 N–H and O–H groups in total. The van der Waals surface area contributed by atoms with Crippen LogP contribution in [0.25, 0.3) is 0 Å². The second-order valence-electron chi connectivity index (χ2n) is 9.83. The Morgan fingerprint density at radius 3 is 1.88 bits per heavy atom. The van der Waals surface area contributed by atoms with Gasteiger partial charge in [0.15, 0.2) is 0 Å². The van der Waals surface area contributed by atoms with Crippen LogP contribution in [0, 0.1) is 34.5 Å². The number of carbonyl (C=O) groups excluding carboxylic acids is 1. The third-order valence-corrected chi connectivity index (χ3v) is 7.24. The zero-order chi connectivity index (χ0) is 25.9. The summed E-state index contributed by atoms with van der Waals surface area (Å²) < 4.78 is 131. The van der Waals surface area contributed by atoms with Crippen molar-refractivity contribution < 1.29 is 53.8 Å². The number of carbonyl (C=O) groups is 1. The van der Waals surface area contributed by atoms with Crippen LogP contribution in [0.1, 0.15) is 59.3 Å². The van der Waals surface area contributed by atoms with Crippen molar-refractivity contribution in [2.24, 2.45) is 22.7 Å². The Kier molecular flexibility index (Phi) is 6.74. The molecule has 2 unspecified atom stereocenters. The molecule has 2 rings (SSSR count). The monoisotopic (exact) mass is 498 g/mol. The lowest BCUT2D eigenvalue weighted by Gasteiger charge is -2.46. The number of fused-ring (bicyclic) bond motifs is 1. The van der Waals surface area contributed by atoms with Gasteiger partial charge in [0.25, 0.3) is 5.60 Å². The Morgan fingerprint density at radius 1 is 0.939 bits per heavy atom. The first-order valence-corrected chi connectivity index (χ1v) is 10.2. The molecule has 0 aromatic carbocycles. The summed E-state index contributed by atoms with van der Waals surface area (Å²) in [6.07, 6.45) is -12.0. The van der Waals surface area contributed by atoms with Crippen LogP contribution in [0.4, 0.5) is 43.9 Å².